The second-order valence-electron chi connectivity index (χ2n) is 4.29. The second kappa shape index (κ2) is 11.7. The molecular weight excluding hydrogens is 352 g/mol. The molecule has 0 bridgehead atoms. The molecule has 3 rings (SSSR count). The summed E-state index contributed by atoms with van der Waals surface area (Å²) in [5.41, 5.74) is 11.6. The minimum atomic E-state index is -0.525. The smallest absolute Gasteiger partial charge is 0.250 e. The van der Waals surface area contributed by atoms with Crippen molar-refractivity contribution in [1.82, 2.24) is 9.97 Å². The maximum Gasteiger partial charge on any atom is 0.250 e. The lowest BCUT2D eigenvalue weighted by Gasteiger charge is -1.94. The summed E-state index contributed by atoms with van der Waals surface area (Å²) in [4.78, 5) is 19.5. The second-order valence-corrected chi connectivity index (χ2v) is 5.36. The number of rotatable bonds is 1. The molecule has 0 atom stereocenters. The van der Waals surface area contributed by atoms with E-state index in [0.717, 1.165) is 4.88 Å². The van der Waals surface area contributed by atoms with Crippen molar-refractivity contribution >= 4 is 35.0 Å². The quantitative estimate of drug-likeness (QED) is 0.453. The third-order valence-electron chi connectivity index (χ3n) is 2.54. The van der Waals surface area contributed by atoms with Crippen molar-refractivity contribution in [2.75, 3.05) is 12.0 Å². The van der Waals surface area contributed by atoms with Gasteiger partial charge in [-0.3, -0.25) is 9.78 Å². The average Bonchev–Trinajstić information content (AvgIpc) is 3.09. The Hall–Kier alpha value is -2.82. The predicted molar refractivity (Wildman–Crippen MR) is 107 cm³/mol. The Labute approximate surface area is 156 Å². The summed E-state index contributed by atoms with van der Waals surface area (Å²) in [7, 11) is 0. The summed E-state index contributed by atoms with van der Waals surface area (Å²) < 4.78 is 0. The van der Waals surface area contributed by atoms with Crippen LogP contribution in [0.4, 0.5) is 5.13 Å². The summed E-state index contributed by atoms with van der Waals surface area (Å²) in [5, 5.41) is 0.471. The number of thiazole rings is 1. The lowest BCUT2D eigenvalue weighted by Crippen LogP contribution is -2.11. The highest BCUT2D eigenvalue weighted by molar-refractivity contribution is 7.79. The molecule has 0 saturated carbocycles. The molecule has 2 heterocycles. The van der Waals surface area contributed by atoms with Gasteiger partial charge in [0.2, 0.25) is 5.91 Å². The molecule has 5 nitrogen and oxygen atoms in total. The van der Waals surface area contributed by atoms with Crippen molar-refractivity contribution in [1.29, 1.82) is 0 Å². The number of carbonyl (C=O) groups is 1. The maximum atomic E-state index is 10.9. The van der Waals surface area contributed by atoms with Crippen LogP contribution in [0.5, 0.6) is 0 Å². The van der Waals surface area contributed by atoms with Crippen LogP contribution in [0.1, 0.15) is 20.8 Å². The number of nitrogen functional groups attached to an aromatic ring is 1. The zero-order chi connectivity index (χ0) is 18.5. The van der Waals surface area contributed by atoms with Crippen LogP contribution in [-0.4, -0.2) is 22.1 Å². The molecule has 4 N–H and O–H groups in total. The van der Waals surface area contributed by atoms with Gasteiger partial charge in [0.15, 0.2) is 5.13 Å². The molecule has 25 heavy (non-hydrogen) atoms. The molecule has 1 aromatic carbocycles. The van der Waals surface area contributed by atoms with E-state index in [1.165, 1.54) is 17.5 Å². The van der Waals surface area contributed by atoms with Gasteiger partial charge in [0.1, 0.15) is 0 Å². The molecule has 1 amide bonds. The highest BCUT2D eigenvalue weighted by Gasteiger charge is 2.00. The fourth-order valence-corrected chi connectivity index (χ4v) is 2.05. The van der Waals surface area contributed by atoms with Crippen LogP contribution in [0.3, 0.4) is 0 Å². The number of hydrogen-bond acceptors (Lipinski definition) is 6. The Morgan fingerprint density at radius 3 is 2.12 bits per heavy atom. The van der Waals surface area contributed by atoms with E-state index >= 15 is 0 Å². The van der Waals surface area contributed by atoms with E-state index in [1.807, 2.05) is 36.4 Å². The van der Waals surface area contributed by atoms with Gasteiger partial charge in [0.05, 0.1) is 16.6 Å². The Kier molecular flexibility index (Phi) is 9.45. The van der Waals surface area contributed by atoms with Crippen molar-refractivity contribution in [2.24, 2.45) is 5.73 Å². The zero-order valence-electron chi connectivity index (χ0n) is 13.6. The highest BCUT2D eigenvalue weighted by atomic mass is 32.1. The number of primary amides is 1. The number of pyridine rings is 1. The van der Waals surface area contributed by atoms with Gasteiger partial charge >= 0.3 is 0 Å². The van der Waals surface area contributed by atoms with Gasteiger partial charge in [-0.2, -0.15) is 12.6 Å². The zero-order valence-corrected chi connectivity index (χ0v) is 15.3. The van der Waals surface area contributed by atoms with Crippen LogP contribution >= 0.6 is 24.0 Å². The Balaban J connectivity index is 0.000000326. The number of carbonyl (C=O) groups excluding carboxylic acids is 1. The molecular formula is C18H18N4OS2. The van der Waals surface area contributed by atoms with Gasteiger partial charge in [-0.05, 0) is 18.2 Å². The van der Waals surface area contributed by atoms with Crippen LogP contribution in [0.15, 0.2) is 61.1 Å². The first kappa shape index (κ1) is 20.2. The average molecular weight is 371 g/mol. The number of thiol groups is 1. The third-order valence-corrected chi connectivity index (χ3v) is 3.28. The monoisotopic (exact) mass is 370 g/mol. The number of anilines is 1. The topological polar surface area (TPSA) is 94.9 Å². The molecule has 0 aliphatic rings. The first-order valence-corrected chi connectivity index (χ1v) is 8.79. The first-order chi connectivity index (χ1) is 12.1. The van der Waals surface area contributed by atoms with Gasteiger partial charge in [0.25, 0.3) is 0 Å². The van der Waals surface area contributed by atoms with Gasteiger partial charge in [-0.1, -0.05) is 53.7 Å². The van der Waals surface area contributed by atoms with Crippen molar-refractivity contribution in [3.05, 3.63) is 77.1 Å². The van der Waals surface area contributed by atoms with Gasteiger partial charge in [0, 0.05) is 18.0 Å². The van der Waals surface area contributed by atoms with Crippen LogP contribution in [0, 0.1) is 11.8 Å². The van der Waals surface area contributed by atoms with E-state index < -0.39 is 5.91 Å². The predicted octanol–water partition coefficient (Wildman–Crippen LogP) is 2.85. The lowest BCUT2D eigenvalue weighted by atomic mass is 10.2. The number of nitrogens with two attached hydrogens (primary N) is 2. The van der Waals surface area contributed by atoms with Crippen LogP contribution in [0.25, 0.3) is 0 Å². The van der Waals surface area contributed by atoms with E-state index in [-0.39, 0.29) is 0 Å². The van der Waals surface area contributed by atoms with Crippen molar-refractivity contribution < 1.29 is 4.79 Å². The summed E-state index contributed by atoms with van der Waals surface area (Å²) in [6.45, 7) is 0. The van der Waals surface area contributed by atoms with Gasteiger partial charge in [-0.25, -0.2) is 4.98 Å². The van der Waals surface area contributed by atoms with Crippen molar-refractivity contribution in [3.8, 4) is 11.8 Å². The highest BCUT2D eigenvalue weighted by Crippen LogP contribution is 2.12. The number of hydrogen-bond donors (Lipinski definition) is 3. The molecule has 7 heteroatoms. The molecule has 0 saturated heterocycles. The van der Waals surface area contributed by atoms with E-state index in [9.17, 15) is 4.79 Å². The van der Waals surface area contributed by atoms with E-state index in [1.54, 1.807) is 24.7 Å². The number of amides is 1. The first-order valence-electron chi connectivity index (χ1n) is 7.08. The molecule has 0 aliphatic heterocycles. The minimum absolute atomic E-state index is 0.334. The summed E-state index contributed by atoms with van der Waals surface area (Å²) >= 11 is 4.83. The third kappa shape index (κ3) is 8.01. The molecule has 0 fully saturated rings. The van der Waals surface area contributed by atoms with Gasteiger partial charge in [-0.15, -0.1) is 0 Å². The van der Waals surface area contributed by atoms with E-state index in [0.29, 0.717) is 16.3 Å². The fraction of sp³-hybridized carbons (Fsp3) is 0.0556. The number of aromatic nitrogens is 2. The van der Waals surface area contributed by atoms with Gasteiger partial charge < -0.3 is 11.5 Å². The van der Waals surface area contributed by atoms with Crippen LogP contribution < -0.4 is 11.5 Å². The molecule has 0 spiro atoms. The SMILES string of the molecule is CS.NC(=O)c1cncc(C#Cc2cnc(N)s2)c1.c1ccccc1. The Morgan fingerprint density at radius 2 is 1.64 bits per heavy atom. The van der Waals surface area contributed by atoms with E-state index in [4.69, 9.17) is 11.5 Å². The number of benzene rings is 1. The molecule has 0 radical (unpaired) electrons. The lowest BCUT2D eigenvalue weighted by molar-refractivity contribution is 0.1000. The van der Waals surface area contributed by atoms with Crippen molar-refractivity contribution in [3.63, 3.8) is 0 Å². The van der Waals surface area contributed by atoms with E-state index in [2.05, 4.69) is 34.4 Å². The fourth-order valence-electron chi connectivity index (χ4n) is 1.51. The normalized spacial score (nSPS) is 8.56. The molecule has 128 valence electrons. The Bertz CT molecular complexity index is 812. The molecule has 3 aromatic rings. The maximum absolute atomic E-state index is 10.9. The summed E-state index contributed by atoms with van der Waals surface area (Å²) in [6.07, 6.45) is 6.25. The standard InChI is InChI=1S/C11H8N4OS.C6H6.CH4S/c12-10(16)8-3-7(4-14-5-8)1-2-9-6-15-11(13)17-9;1-2-4-6-5-3-1;1-2/h3-6H,(H2,12,16)(H2,13,15);1-6H;2H,1H3. The minimum Gasteiger partial charge on any atom is -0.375 e. The van der Waals surface area contributed by atoms with Crippen molar-refractivity contribution in [2.45, 2.75) is 0 Å². The number of nitrogens with zero attached hydrogens (tertiary/aromatic N) is 2. The summed E-state index contributed by atoms with van der Waals surface area (Å²) in [6, 6.07) is 13.6. The molecule has 0 unspecified atom stereocenters. The Morgan fingerprint density at radius 1 is 1.04 bits per heavy atom. The largest absolute Gasteiger partial charge is 0.375 e. The summed E-state index contributed by atoms with van der Waals surface area (Å²) in [5.74, 6) is 5.22. The van der Waals surface area contributed by atoms with Crippen LogP contribution in [-0.2, 0) is 0 Å². The molecule has 2 aromatic heterocycles. The molecule has 0 aliphatic carbocycles. The van der Waals surface area contributed by atoms with Crippen LogP contribution in [0.2, 0.25) is 0 Å².